The number of amides is 1. The number of hydrogen-bond acceptors (Lipinski definition) is 5. The highest BCUT2D eigenvalue weighted by molar-refractivity contribution is 5.96. The molecule has 0 aromatic heterocycles. The zero-order valence-corrected chi connectivity index (χ0v) is 17.8. The third-order valence-electron chi connectivity index (χ3n) is 5.37. The summed E-state index contributed by atoms with van der Waals surface area (Å²) in [6, 6.07) is 11.2. The molecule has 158 valence electrons. The van der Waals surface area contributed by atoms with Crippen LogP contribution < -0.4 is 14.4 Å². The second-order valence-electron chi connectivity index (χ2n) is 7.25. The Morgan fingerprint density at radius 3 is 2.20 bits per heavy atom. The van der Waals surface area contributed by atoms with Gasteiger partial charge in [0.25, 0.3) is 5.91 Å². The van der Waals surface area contributed by atoms with Crippen molar-refractivity contribution >= 4 is 17.4 Å². The van der Waals surface area contributed by atoms with E-state index in [2.05, 4.69) is 11.5 Å². The van der Waals surface area contributed by atoms with Gasteiger partial charge in [-0.2, -0.15) is 0 Å². The predicted octanol–water partition coefficient (Wildman–Crippen LogP) is 3.60. The zero-order valence-electron chi connectivity index (χ0n) is 17.8. The van der Waals surface area contributed by atoms with E-state index in [-0.39, 0.29) is 11.7 Å². The maximum Gasteiger partial charge on any atom is 0.254 e. The number of Topliss-reactive ketones (excluding diaryl/α,β-unsaturated/α-hetero) is 1. The highest BCUT2D eigenvalue weighted by atomic mass is 16.5. The third-order valence-corrected chi connectivity index (χ3v) is 5.37. The van der Waals surface area contributed by atoms with E-state index in [4.69, 9.17) is 9.47 Å². The highest BCUT2D eigenvalue weighted by Crippen LogP contribution is 2.33. The van der Waals surface area contributed by atoms with E-state index in [1.807, 2.05) is 35.2 Å². The van der Waals surface area contributed by atoms with Gasteiger partial charge in [0.15, 0.2) is 17.3 Å². The van der Waals surface area contributed by atoms with Crippen LogP contribution in [-0.2, 0) is 6.42 Å². The van der Waals surface area contributed by atoms with E-state index >= 15 is 0 Å². The lowest BCUT2D eigenvalue weighted by atomic mass is 10.0. The Kier molecular flexibility index (Phi) is 6.77. The predicted molar refractivity (Wildman–Crippen MR) is 118 cm³/mol. The largest absolute Gasteiger partial charge is 0.493 e. The lowest BCUT2D eigenvalue weighted by Gasteiger charge is -2.36. The van der Waals surface area contributed by atoms with Crippen molar-refractivity contribution in [2.75, 3.05) is 45.3 Å². The molecule has 30 heavy (non-hydrogen) atoms. The van der Waals surface area contributed by atoms with Crippen molar-refractivity contribution < 1.29 is 19.1 Å². The lowest BCUT2D eigenvalue weighted by Crippen LogP contribution is -2.48. The maximum atomic E-state index is 13.1. The van der Waals surface area contributed by atoms with Crippen molar-refractivity contribution in [3.63, 3.8) is 0 Å². The fourth-order valence-corrected chi connectivity index (χ4v) is 3.73. The van der Waals surface area contributed by atoms with Crippen molar-refractivity contribution in [1.82, 2.24) is 4.90 Å². The van der Waals surface area contributed by atoms with E-state index in [0.29, 0.717) is 42.1 Å². The number of hydrogen-bond donors (Lipinski definition) is 0. The molecule has 2 aromatic carbocycles. The van der Waals surface area contributed by atoms with Crippen molar-refractivity contribution in [2.45, 2.75) is 13.3 Å². The Morgan fingerprint density at radius 1 is 1.00 bits per heavy atom. The minimum atomic E-state index is -0.0205. The molecule has 1 aliphatic heterocycles. The summed E-state index contributed by atoms with van der Waals surface area (Å²) >= 11 is 0. The van der Waals surface area contributed by atoms with Gasteiger partial charge in [0.1, 0.15) is 0 Å². The van der Waals surface area contributed by atoms with Crippen LogP contribution in [0.4, 0.5) is 5.69 Å². The number of piperazine rings is 1. The topological polar surface area (TPSA) is 59.1 Å². The fourth-order valence-electron chi connectivity index (χ4n) is 3.73. The van der Waals surface area contributed by atoms with Crippen LogP contribution in [0.25, 0.3) is 0 Å². The van der Waals surface area contributed by atoms with Crippen LogP contribution in [0.5, 0.6) is 11.5 Å². The summed E-state index contributed by atoms with van der Waals surface area (Å²) in [6.07, 6.45) is 2.37. The normalized spacial score (nSPS) is 13.7. The number of anilines is 1. The third kappa shape index (κ3) is 4.48. The number of methoxy groups -OCH3 is 2. The van der Waals surface area contributed by atoms with Crippen molar-refractivity contribution in [2.24, 2.45) is 0 Å². The number of carbonyl (C=O) groups excluding carboxylic acids is 2. The van der Waals surface area contributed by atoms with Gasteiger partial charge in [-0.15, -0.1) is 6.58 Å². The summed E-state index contributed by atoms with van der Waals surface area (Å²) in [5.74, 6) is 1.22. The molecular weight excluding hydrogens is 380 g/mol. The van der Waals surface area contributed by atoms with E-state index in [0.717, 1.165) is 24.3 Å². The van der Waals surface area contributed by atoms with E-state index in [9.17, 15) is 9.59 Å². The number of rotatable bonds is 7. The van der Waals surface area contributed by atoms with Crippen LogP contribution >= 0.6 is 0 Å². The lowest BCUT2D eigenvalue weighted by molar-refractivity contribution is 0.0746. The molecule has 1 heterocycles. The molecule has 0 aliphatic carbocycles. The van der Waals surface area contributed by atoms with E-state index in [1.165, 1.54) is 0 Å². The Bertz CT molecular complexity index is 929. The molecule has 0 radical (unpaired) electrons. The fraction of sp³-hybridized carbons (Fsp3) is 0.333. The molecular formula is C24H28N2O4. The summed E-state index contributed by atoms with van der Waals surface area (Å²) < 4.78 is 10.9. The number of ether oxygens (including phenoxy) is 2. The number of allylic oxidation sites excluding steroid dienone is 1. The molecule has 0 saturated carbocycles. The van der Waals surface area contributed by atoms with Gasteiger partial charge < -0.3 is 19.3 Å². The van der Waals surface area contributed by atoms with Gasteiger partial charge >= 0.3 is 0 Å². The van der Waals surface area contributed by atoms with Crippen LogP contribution in [-0.4, -0.2) is 57.0 Å². The minimum absolute atomic E-state index is 0.0205. The van der Waals surface area contributed by atoms with Crippen LogP contribution in [0, 0.1) is 0 Å². The van der Waals surface area contributed by atoms with Gasteiger partial charge in [0.05, 0.1) is 14.2 Å². The molecule has 0 unspecified atom stereocenters. The Labute approximate surface area is 177 Å². The Morgan fingerprint density at radius 2 is 1.67 bits per heavy atom. The first-order valence-electron chi connectivity index (χ1n) is 9.99. The van der Waals surface area contributed by atoms with Crippen LogP contribution in [0.15, 0.2) is 49.1 Å². The summed E-state index contributed by atoms with van der Waals surface area (Å²) in [5.41, 5.74) is 3.23. The average molecular weight is 408 g/mol. The van der Waals surface area contributed by atoms with Gasteiger partial charge in [0.2, 0.25) is 0 Å². The molecule has 0 bridgehead atoms. The van der Waals surface area contributed by atoms with Crippen molar-refractivity contribution in [3.8, 4) is 11.5 Å². The first-order valence-corrected chi connectivity index (χ1v) is 9.99. The molecule has 1 saturated heterocycles. The monoisotopic (exact) mass is 408 g/mol. The van der Waals surface area contributed by atoms with Crippen molar-refractivity contribution in [1.29, 1.82) is 0 Å². The van der Waals surface area contributed by atoms with E-state index in [1.54, 1.807) is 33.3 Å². The first kappa shape index (κ1) is 21.4. The highest BCUT2D eigenvalue weighted by Gasteiger charge is 2.24. The molecule has 0 N–H and O–H groups in total. The van der Waals surface area contributed by atoms with Gasteiger partial charge in [-0.25, -0.2) is 0 Å². The molecule has 6 nitrogen and oxygen atoms in total. The molecule has 1 fully saturated rings. The summed E-state index contributed by atoms with van der Waals surface area (Å²) in [4.78, 5) is 28.7. The van der Waals surface area contributed by atoms with Gasteiger partial charge in [-0.1, -0.05) is 6.08 Å². The number of ketones is 1. The summed E-state index contributed by atoms with van der Waals surface area (Å²) in [5, 5.41) is 0. The number of carbonyl (C=O) groups is 2. The zero-order chi connectivity index (χ0) is 21.7. The van der Waals surface area contributed by atoms with E-state index < -0.39 is 0 Å². The average Bonchev–Trinajstić information content (AvgIpc) is 2.78. The second-order valence-corrected chi connectivity index (χ2v) is 7.25. The summed E-state index contributed by atoms with van der Waals surface area (Å²) in [6.45, 7) is 8.07. The van der Waals surface area contributed by atoms with Crippen molar-refractivity contribution in [3.05, 3.63) is 65.7 Å². The quantitative estimate of drug-likeness (QED) is 0.518. The standard InChI is InChI=1S/C24H28N2O4/c1-5-6-19-15-20(16-22(29-3)23(19)30-4)24(28)26-13-11-25(12-14-26)21-9-7-18(8-10-21)17(2)27/h5,7-10,15-16H,1,6,11-14H2,2-4H3. The summed E-state index contributed by atoms with van der Waals surface area (Å²) in [7, 11) is 3.16. The minimum Gasteiger partial charge on any atom is -0.493 e. The maximum absolute atomic E-state index is 13.1. The Balaban J connectivity index is 1.72. The van der Waals surface area contributed by atoms with Crippen LogP contribution in [0.1, 0.15) is 33.2 Å². The molecule has 2 aromatic rings. The Hall–Kier alpha value is -3.28. The van der Waals surface area contributed by atoms with Gasteiger partial charge in [0, 0.05) is 48.6 Å². The molecule has 1 aliphatic rings. The van der Waals surface area contributed by atoms with Crippen LogP contribution in [0.2, 0.25) is 0 Å². The van der Waals surface area contributed by atoms with Gasteiger partial charge in [-0.3, -0.25) is 9.59 Å². The second kappa shape index (κ2) is 9.48. The molecule has 1 amide bonds. The molecule has 0 atom stereocenters. The first-order chi connectivity index (χ1) is 14.5. The molecule has 6 heteroatoms. The number of benzene rings is 2. The smallest absolute Gasteiger partial charge is 0.254 e. The van der Waals surface area contributed by atoms with Crippen LogP contribution in [0.3, 0.4) is 0 Å². The van der Waals surface area contributed by atoms with Gasteiger partial charge in [-0.05, 0) is 49.7 Å². The molecule has 0 spiro atoms. The SMILES string of the molecule is C=CCc1cc(C(=O)N2CCN(c3ccc(C(C)=O)cc3)CC2)cc(OC)c1OC. The molecule has 3 rings (SSSR count). The number of nitrogens with zero attached hydrogens (tertiary/aromatic N) is 2.